The summed E-state index contributed by atoms with van der Waals surface area (Å²) in [7, 11) is 0. The molecule has 2 aliphatic rings. The molecule has 4 rings (SSSR count). The van der Waals surface area contributed by atoms with Crippen molar-refractivity contribution in [3.8, 4) is 11.5 Å². The molecule has 0 aromatic heterocycles. The van der Waals surface area contributed by atoms with Gasteiger partial charge in [-0.05, 0) is 30.3 Å². The summed E-state index contributed by atoms with van der Waals surface area (Å²) in [6.45, 7) is 1.95. The van der Waals surface area contributed by atoms with E-state index in [0.717, 1.165) is 5.69 Å². The summed E-state index contributed by atoms with van der Waals surface area (Å²) in [5.74, 6) is 0.988. The number of halogens is 1. The lowest BCUT2D eigenvalue weighted by atomic mass is 10.2. The van der Waals surface area contributed by atoms with Crippen LogP contribution in [0.1, 0.15) is 0 Å². The number of rotatable bonds is 4. The van der Waals surface area contributed by atoms with Gasteiger partial charge in [0.25, 0.3) is 0 Å². The molecule has 7 nitrogen and oxygen atoms in total. The second-order valence-corrected chi connectivity index (χ2v) is 6.68. The number of amides is 3. The van der Waals surface area contributed by atoms with Crippen LogP contribution in [0.3, 0.4) is 0 Å². The Balaban J connectivity index is 1.38. The van der Waals surface area contributed by atoms with Crippen molar-refractivity contribution < 1.29 is 19.1 Å². The van der Waals surface area contributed by atoms with Gasteiger partial charge in [-0.15, -0.1) is 0 Å². The number of anilines is 2. The third-order valence-corrected chi connectivity index (χ3v) is 4.61. The first kappa shape index (κ1) is 17.5. The molecule has 2 aliphatic heterocycles. The maximum Gasteiger partial charge on any atom is 0.325 e. The van der Waals surface area contributed by atoms with Crippen LogP contribution >= 0.6 is 11.6 Å². The van der Waals surface area contributed by atoms with Gasteiger partial charge in [0.1, 0.15) is 19.8 Å². The smallest absolute Gasteiger partial charge is 0.325 e. The molecule has 1 saturated heterocycles. The molecule has 0 unspecified atom stereocenters. The Labute approximate surface area is 161 Å². The number of fused-ring (bicyclic) bond motifs is 1. The number of carbonyl (C=O) groups is 2. The Bertz CT molecular complexity index is 889. The molecule has 2 aromatic carbocycles. The average molecular weight is 388 g/mol. The second-order valence-electron chi connectivity index (χ2n) is 6.24. The summed E-state index contributed by atoms with van der Waals surface area (Å²) in [4.78, 5) is 28.1. The van der Waals surface area contributed by atoms with E-state index >= 15 is 0 Å². The van der Waals surface area contributed by atoms with E-state index in [0.29, 0.717) is 48.5 Å². The highest BCUT2D eigenvalue weighted by Gasteiger charge is 2.31. The Hall–Kier alpha value is -2.93. The first-order valence-corrected chi connectivity index (χ1v) is 8.99. The fraction of sp³-hybridized carbons (Fsp3) is 0.263. The minimum atomic E-state index is -0.270. The van der Waals surface area contributed by atoms with Crippen LogP contribution in [0.2, 0.25) is 5.02 Å². The largest absolute Gasteiger partial charge is 0.486 e. The summed E-state index contributed by atoms with van der Waals surface area (Å²) < 4.78 is 11.0. The van der Waals surface area contributed by atoms with E-state index in [2.05, 4.69) is 5.32 Å². The molecular formula is C19H18ClN3O4. The summed E-state index contributed by atoms with van der Waals surface area (Å²) in [6, 6.07) is 12.1. The lowest BCUT2D eigenvalue weighted by molar-refractivity contribution is -0.116. The number of nitrogens with zero attached hydrogens (tertiary/aromatic N) is 2. The summed E-state index contributed by atoms with van der Waals surface area (Å²) >= 11 is 6.00. The van der Waals surface area contributed by atoms with E-state index in [1.54, 1.807) is 41.3 Å². The molecule has 8 heteroatoms. The third-order valence-electron chi connectivity index (χ3n) is 4.38. The van der Waals surface area contributed by atoms with Gasteiger partial charge in [-0.2, -0.15) is 0 Å². The Morgan fingerprint density at radius 3 is 2.70 bits per heavy atom. The number of carbonyl (C=O) groups excluding carboxylic acids is 2. The molecule has 0 aliphatic carbocycles. The lowest BCUT2D eigenvalue weighted by Crippen LogP contribution is -2.37. The van der Waals surface area contributed by atoms with Crippen molar-refractivity contribution in [2.24, 2.45) is 0 Å². The lowest BCUT2D eigenvalue weighted by Gasteiger charge is -2.20. The predicted molar refractivity (Wildman–Crippen MR) is 102 cm³/mol. The molecule has 2 heterocycles. The van der Waals surface area contributed by atoms with Crippen LogP contribution in [0, 0.1) is 0 Å². The van der Waals surface area contributed by atoms with E-state index in [-0.39, 0.29) is 18.5 Å². The van der Waals surface area contributed by atoms with E-state index in [9.17, 15) is 9.59 Å². The molecule has 3 amide bonds. The molecule has 0 spiro atoms. The topological polar surface area (TPSA) is 71.1 Å². The number of hydrogen-bond donors (Lipinski definition) is 1. The van der Waals surface area contributed by atoms with Crippen molar-refractivity contribution >= 4 is 34.9 Å². The number of benzene rings is 2. The Morgan fingerprint density at radius 2 is 1.89 bits per heavy atom. The molecule has 140 valence electrons. The average Bonchev–Trinajstić information content (AvgIpc) is 3.02. The predicted octanol–water partition coefficient (Wildman–Crippen LogP) is 2.99. The molecule has 0 radical (unpaired) electrons. The SMILES string of the molecule is O=C(CN1CCN(c2cccc(Cl)c2)C1=O)Nc1ccc2c(c1)OCCO2. The quantitative estimate of drug-likeness (QED) is 0.875. The van der Waals surface area contributed by atoms with Crippen LogP contribution in [-0.2, 0) is 4.79 Å². The first-order chi connectivity index (χ1) is 13.1. The summed E-state index contributed by atoms with van der Waals surface area (Å²) in [5, 5.41) is 3.36. The number of ether oxygens (including phenoxy) is 2. The number of urea groups is 1. The normalized spacial score (nSPS) is 15.8. The number of hydrogen-bond acceptors (Lipinski definition) is 4. The van der Waals surface area contributed by atoms with Gasteiger partial charge >= 0.3 is 6.03 Å². The third kappa shape index (κ3) is 3.78. The maximum absolute atomic E-state index is 12.6. The Morgan fingerprint density at radius 1 is 1.07 bits per heavy atom. The standard InChI is InChI=1S/C19H18ClN3O4/c20-13-2-1-3-15(10-13)23-7-6-22(19(23)25)12-18(24)21-14-4-5-16-17(11-14)27-9-8-26-16/h1-5,10-11H,6-9,12H2,(H,21,24). The summed E-state index contributed by atoms with van der Waals surface area (Å²) in [6.07, 6.45) is 0. The van der Waals surface area contributed by atoms with Crippen LogP contribution in [0.15, 0.2) is 42.5 Å². The zero-order valence-corrected chi connectivity index (χ0v) is 15.2. The molecule has 0 bridgehead atoms. The van der Waals surface area contributed by atoms with Gasteiger partial charge in [0.05, 0.1) is 0 Å². The minimum absolute atomic E-state index is 0.0235. The van der Waals surface area contributed by atoms with E-state index in [4.69, 9.17) is 21.1 Å². The molecule has 0 saturated carbocycles. The van der Waals surface area contributed by atoms with E-state index < -0.39 is 0 Å². The van der Waals surface area contributed by atoms with Gasteiger partial charge in [0.15, 0.2) is 11.5 Å². The fourth-order valence-electron chi connectivity index (χ4n) is 3.11. The molecule has 27 heavy (non-hydrogen) atoms. The van der Waals surface area contributed by atoms with E-state index in [1.165, 1.54) is 4.90 Å². The molecule has 2 aromatic rings. The highest BCUT2D eigenvalue weighted by molar-refractivity contribution is 6.30. The van der Waals surface area contributed by atoms with Crippen molar-refractivity contribution in [2.75, 3.05) is 43.1 Å². The maximum atomic E-state index is 12.6. The van der Waals surface area contributed by atoms with E-state index in [1.807, 2.05) is 6.07 Å². The van der Waals surface area contributed by atoms with Crippen molar-refractivity contribution in [2.45, 2.75) is 0 Å². The highest BCUT2D eigenvalue weighted by Crippen LogP contribution is 2.32. The van der Waals surface area contributed by atoms with Crippen LogP contribution < -0.4 is 19.7 Å². The van der Waals surface area contributed by atoms with Crippen molar-refractivity contribution in [1.29, 1.82) is 0 Å². The summed E-state index contributed by atoms with van der Waals surface area (Å²) in [5.41, 5.74) is 1.32. The number of nitrogens with one attached hydrogen (secondary N) is 1. The van der Waals surface area contributed by atoms with Crippen LogP contribution in [0.5, 0.6) is 11.5 Å². The molecule has 1 fully saturated rings. The van der Waals surface area contributed by atoms with Gasteiger partial charge in [-0.1, -0.05) is 17.7 Å². The van der Waals surface area contributed by atoms with Crippen LogP contribution in [0.25, 0.3) is 0 Å². The van der Waals surface area contributed by atoms with Gasteiger partial charge < -0.3 is 19.7 Å². The molecular weight excluding hydrogens is 370 g/mol. The van der Waals surface area contributed by atoms with Crippen molar-refractivity contribution in [1.82, 2.24) is 4.90 Å². The van der Waals surface area contributed by atoms with Gasteiger partial charge in [-0.25, -0.2) is 4.79 Å². The Kier molecular flexibility index (Phi) is 4.77. The van der Waals surface area contributed by atoms with Crippen molar-refractivity contribution in [3.05, 3.63) is 47.5 Å². The van der Waals surface area contributed by atoms with Crippen LogP contribution in [-0.4, -0.2) is 49.7 Å². The second kappa shape index (κ2) is 7.36. The van der Waals surface area contributed by atoms with Crippen LogP contribution in [0.4, 0.5) is 16.2 Å². The zero-order valence-electron chi connectivity index (χ0n) is 14.5. The fourth-order valence-corrected chi connectivity index (χ4v) is 3.29. The zero-order chi connectivity index (χ0) is 18.8. The highest BCUT2D eigenvalue weighted by atomic mass is 35.5. The van der Waals surface area contributed by atoms with Gasteiger partial charge in [-0.3, -0.25) is 9.69 Å². The minimum Gasteiger partial charge on any atom is -0.486 e. The van der Waals surface area contributed by atoms with Gasteiger partial charge in [0.2, 0.25) is 5.91 Å². The molecule has 0 atom stereocenters. The molecule has 1 N–H and O–H groups in total. The van der Waals surface area contributed by atoms with Crippen molar-refractivity contribution in [3.63, 3.8) is 0 Å². The van der Waals surface area contributed by atoms with Gasteiger partial charge in [0, 0.05) is 35.6 Å². The monoisotopic (exact) mass is 387 g/mol. The first-order valence-electron chi connectivity index (χ1n) is 8.62.